The number of halogens is 2. The molecule has 0 bridgehead atoms. The fourth-order valence-electron chi connectivity index (χ4n) is 2.67. The monoisotopic (exact) mass is 385 g/mol. The lowest BCUT2D eigenvalue weighted by Crippen LogP contribution is -2.22. The van der Waals surface area contributed by atoms with Gasteiger partial charge >= 0.3 is 0 Å². The van der Waals surface area contributed by atoms with Gasteiger partial charge in [-0.15, -0.1) is 11.3 Å². The zero-order valence-electron chi connectivity index (χ0n) is 14.1. The number of fused-ring (bicyclic) bond motifs is 1. The van der Waals surface area contributed by atoms with E-state index in [1.54, 1.807) is 18.2 Å². The maximum absolute atomic E-state index is 13.3. The van der Waals surface area contributed by atoms with Crippen molar-refractivity contribution in [1.29, 1.82) is 0 Å². The van der Waals surface area contributed by atoms with Gasteiger partial charge in [0.2, 0.25) is 0 Å². The SMILES string of the molecule is Cc1nc(-c2noc3ccc(C(=O)NCc4ccc(F)c(F)c4)cc23)cs1. The smallest absolute Gasteiger partial charge is 0.251 e. The lowest BCUT2D eigenvalue weighted by Gasteiger charge is -2.06. The third kappa shape index (κ3) is 3.43. The highest BCUT2D eigenvalue weighted by Crippen LogP contribution is 2.29. The molecule has 136 valence electrons. The van der Waals surface area contributed by atoms with Crippen molar-refractivity contribution < 1.29 is 18.1 Å². The molecule has 0 atom stereocenters. The van der Waals surface area contributed by atoms with Crippen LogP contribution in [0.15, 0.2) is 46.3 Å². The van der Waals surface area contributed by atoms with Gasteiger partial charge in [0.15, 0.2) is 17.2 Å². The molecule has 2 aromatic heterocycles. The van der Waals surface area contributed by atoms with Crippen LogP contribution in [0, 0.1) is 18.6 Å². The second-order valence-corrected chi connectivity index (χ2v) is 6.99. The fourth-order valence-corrected chi connectivity index (χ4v) is 3.27. The van der Waals surface area contributed by atoms with Crippen LogP contribution in [0.5, 0.6) is 0 Å². The third-order valence-electron chi connectivity index (χ3n) is 4.03. The Labute approximate surface area is 156 Å². The Bertz CT molecular complexity index is 1150. The highest BCUT2D eigenvalue weighted by atomic mass is 32.1. The van der Waals surface area contributed by atoms with Gasteiger partial charge in [0.1, 0.15) is 11.4 Å². The molecule has 2 aromatic carbocycles. The van der Waals surface area contributed by atoms with Crippen molar-refractivity contribution in [3.8, 4) is 11.4 Å². The van der Waals surface area contributed by atoms with Crippen molar-refractivity contribution in [3.05, 3.63) is 69.5 Å². The molecule has 4 aromatic rings. The van der Waals surface area contributed by atoms with E-state index in [4.69, 9.17) is 4.52 Å². The predicted octanol–water partition coefficient (Wildman–Crippen LogP) is 4.47. The molecule has 4 rings (SSSR count). The summed E-state index contributed by atoms with van der Waals surface area (Å²) in [5, 5.41) is 10.2. The number of hydrogen-bond acceptors (Lipinski definition) is 5. The third-order valence-corrected chi connectivity index (χ3v) is 4.80. The topological polar surface area (TPSA) is 68.0 Å². The number of thiazole rings is 1. The molecule has 1 N–H and O–H groups in total. The maximum Gasteiger partial charge on any atom is 0.251 e. The van der Waals surface area contributed by atoms with Gasteiger partial charge in [-0.3, -0.25) is 4.79 Å². The molecule has 0 saturated carbocycles. The number of benzene rings is 2. The molecule has 27 heavy (non-hydrogen) atoms. The molecule has 2 heterocycles. The van der Waals surface area contributed by atoms with E-state index in [0.717, 1.165) is 17.1 Å². The van der Waals surface area contributed by atoms with Crippen molar-refractivity contribution in [2.45, 2.75) is 13.5 Å². The first-order valence-electron chi connectivity index (χ1n) is 8.05. The van der Waals surface area contributed by atoms with E-state index in [2.05, 4.69) is 15.5 Å². The molecule has 0 fully saturated rings. The minimum absolute atomic E-state index is 0.0792. The van der Waals surface area contributed by atoms with E-state index >= 15 is 0 Å². The molecule has 5 nitrogen and oxygen atoms in total. The molecule has 0 aliphatic carbocycles. The number of rotatable bonds is 4. The fraction of sp³-hybridized carbons (Fsp3) is 0.105. The van der Waals surface area contributed by atoms with Crippen molar-refractivity contribution >= 4 is 28.2 Å². The van der Waals surface area contributed by atoms with Crippen molar-refractivity contribution in [2.75, 3.05) is 0 Å². The van der Waals surface area contributed by atoms with Gasteiger partial charge in [-0.05, 0) is 42.8 Å². The summed E-state index contributed by atoms with van der Waals surface area (Å²) < 4.78 is 31.5. The minimum atomic E-state index is -0.948. The first-order valence-corrected chi connectivity index (χ1v) is 8.93. The summed E-state index contributed by atoms with van der Waals surface area (Å²) in [6.45, 7) is 1.98. The Morgan fingerprint density at radius 3 is 2.78 bits per heavy atom. The molecule has 0 unspecified atom stereocenters. The Kier molecular flexibility index (Phi) is 4.41. The number of nitrogens with zero attached hydrogens (tertiary/aromatic N) is 2. The summed E-state index contributed by atoms with van der Waals surface area (Å²) in [4.78, 5) is 16.8. The average molecular weight is 385 g/mol. The van der Waals surface area contributed by atoms with Gasteiger partial charge < -0.3 is 9.84 Å². The van der Waals surface area contributed by atoms with Crippen molar-refractivity contribution in [3.63, 3.8) is 0 Å². The Balaban J connectivity index is 1.57. The number of carbonyl (C=O) groups excluding carboxylic acids is 1. The van der Waals surface area contributed by atoms with Crippen LogP contribution in [-0.2, 0) is 6.54 Å². The van der Waals surface area contributed by atoms with Crippen LogP contribution in [0.3, 0.4) is 0 Å². The summed E-state index contributed by atoms with van der Waals surface area (Å²) >= 11 is 1.50. The van der Waals surface area contributed by atoms with Gasteiger partial charge in [-0.25, -0.2) is 13.8 Å². The highest BCUT2D eigenvalue weighted by Gasteiger charge is 2.16. The Hall–Kier alpha value is -3.13. The van der Waals surface area contributed by atoms with Crippen molar-refractivity contribution in [2.24, 2.45) is 0 Å². The van der Waals surface area contributed by atoms with Crippen LogP contribution in [0.25, 0.3) is 22.4 Å². The van der Waals surface area contributed by atoms with E-state index in [0.29, 0.717) is 33.5 Å². The molecule has 8 heteroatoms. The van der Waals surface area contributed by atoms with Crippen LogP contribution in [0.1, 0.15) is 20.9 Å². The number of hydrogen-bond donors (Lipinski definition) is 1. The molecule has 0 aliphatic heterocycles. The quantitative estimate of drug-likeness (QED) is 0.563. The molecule has 0 saturated heterocycles. The van der Waals surface area contributed by atoms with Crippen LogP contribution in [0.4, 0.5) is 8.78 Å². The van der Waals surface area contributed by atoms with E-state index in [1.165, 1.54) is 17.4 Å². The van der Waals surface area contributed by atoms with Gasteiger partial charge in [-0.1, -0.05) is 11.2 Å². The van der Waals surface area contributed by atoms with Gasteiger partial charge in [0.05, 0.1) is 10.4 Å². The van der Waals surface area contributed by atoms with Gasteiger partial charge in [-0.2, -0.15) is 0 Å². The summed E-state index contributed by atoms with van der Waals surface area (Å²) in [7, 11) is 0. The van der Waals surface area contributed by atoms with E-state index < -0.39 is 11.6 Å². The standard InChI is InChI=1S/C19H13F2N3O2S/c1-10-23-16(9-27-10)18-13-7-12(3-5-17(13)26-24-18)19(25)22-8-11-2-4-14(20)15(21)6-11/h2-7,9H,8H2,1H3,(H,22,25). The number of nitrogens with one attached hydrogen (secondary N) is 1. The number of aromatic nitrogens is 2. The minimum Gasteiger partial charge on any atom is -0.356 e. The van der Waals surface area contributed by atoms with E-state index in [9.17, 15) is 13.6 Å². The van der Waals surface area contributed by atoms with E-state index in [1.807, 2.05) is 12.3 Å². The van der Waals surface area contributed by atoms with E-state index in [-0.39, 0.29) is 12.5 Å². The largest absolute Gasteiger partial charge is 0.356 e. The highest BCUT2D eigenvalue weighted by molar-refractivity contribution is 7.09. The maximum atomic E-state index is 13.3. The predicted molar refractivity (Wildman–Crippen MR) is 97.4 cm³/mol. The van der Waals surface area contributed by atoms with Crippen LogP contribution < -0.4 is 5.32 Å². The van der Waals surface area contributed by atoms with Crippen molar-refractivity contribution in [1.82, 2.24) is 15.5 Å². The normalized spacial score (nSPS) is 11.1. The van der Waals surface area contributed by atoms with Gasteiger partial charge in [0.25, 0.3) is 5.91 Å². The summed E-state index contributed by atoms with van der Waals surface area (Å²) in [5.74, 6) is -2.22. The second kappa shape index (κ2) is 6.88. The summed E-state index contributed by atoms with van der Waals surface area (Å²) in [6, 6.07) is 8.46. The lowest BCUT2D eigenvalue weighted by atomic mass is 10.1. The zero-order valence-corrected chi connectivity index (χ0v) is 14.9. The Morgan fingerprint density at radius 1 is 1.19 bits per heavy atom. The second-order valence-electron chi connectivity index (χ2n) is 5.93. The Morgan fingerprint density at radius 2 is 2.04 bits per heavy atom. The zero-order chi connectivity index (χ0) is 19.0. The number of amides is 1. The molecule has 1 amide bonds. The molecule has 0 spiro atoms. The average Bonchev–Trinajstić information content (AvgIpc) is 3.27. The summed E-state index contributed by atoms with van der Waals surface area (Å²) in [5.41, 5.74) is 2.68. The first-order chi connectivity index (χ1) is 13.0. The molecule has 0 aliphatic rings. The first kappa shape index (κ1) is 17.3. The number of carbonyl (C=O) groups is 1. The molecular weight excluding hydrogens is 372 g/mol. The van der Waals surface area contributed by atoms with Crippen LogP contribution in [0.2, 0.25) is 0 Å². The molecule has 0 radical (unpaired) electrons. The molecular formula is C19H13F2N3O2S. The number of aryl methyl sites for hydroxylation is 1. The lowest BCUT2D eigenvalue weighted by molar-refractivity contribution is 0.0951. The van der Waals surface area contributed by atoms with Crippen LogP contribution >= 0.6 is 11.3 Å². The van der Waals surface area contributed by atoms with Gasteiger partial charge in [0, 0.05) is 17.5 Å². The van der Waals surface area contributed by atoms with Crippen LogP contribution in [-0.4, -0.2) is 16.0 Å². The summed E-state index contributed by atoms with van der Waals surface area (Å²) in [6.07, 6.45) is 0.